The predicted octanol–water partition coefficient (Wildman–Crippen LogP) is 2.66. The highest BCUT2D eigenvalue weighted by Crippen LogP contribution is 2.24. The largest absolute Gasteiger partial charge is 0.497 e. The van der Waals surface area contributed by atoms with E-state index in [1.54, 1.807) is 20.3 Å². The number of hydrogen-bond acceptors (Lipinski definition) is 4. The number of amides is 1. The maximum absolute atomic E-state index is 13.2. The third-order valence-electron chi connectivity index (χ3n) is 4.23. The lowest BCUT2D eigenvalue weighted by Crippen LogP contribution is -2.31. The minimum absolute atomic E-state index is 0.0178. The van der Waals surface area contributed by atoms with E-state index in [1.165, 1.54) is 24.3 Å². The van der Waals surface area contributed by atoms with Gasteiger partial charge in [0.05, 0.1) is 19.7 Å². The van der Waals surface area contributed by atoms with Crippen LogP contribution in [0.1, 0.15) is 15.9 Å². The monoisotopic (exact) mass is 370 g/mol. The van der Waals surface area contributed by atoms with Crippen LogP contribution < -0.4 is 20.3 Å². The number of methoxy groups -OCH3 is 2. The Hall–Kier alpha value is -3.35. The van der Waals surface area contributed by atoms with Gasteiger partial charge in [0.25, 0.3) is 11.5 Å². The number of carbonyl (C=O) groups is 1. The number of nitrogens with one attached hydrogen (secondary N) is 2. The molecule has 0 aliphatic heterocycles. The second-order valence-electron chi connectivity index (χ2n) is 5.93. The summed E-state index contributed by atoms with van der Waals surface area (Å²) >= 11 is 0. The van der Waals surface area contributed by atoms with Crippen LogP contribution in [0.2, 0.25) is 0 Å². The van der Waals surface area contributed by atoms with E-state index in [9.17, 15) is 14.0 Å². The molecule has 140 valence electrons. The van der Waals surface area contributed by atoms with Crippen LogP contribution in [-0.4, -0.2) is 31.7 Å². The molecule has 0 radical (unpaired) electrons. The van der Waals surface area contributed by atoms with Gasteiger partial charge in [0, 0.05) is 12.6 Å². The number of rotatable bonds is 6. The standard InChI is InChI=1S/C20H19FN2O4/c1-26-15-6-4-12(18(11-15)27-2)7-8-22-19(24)16-9-13-3-5-14(21)10-17(13)23-20(16)25/h3-6,9-11H,7-8H2,1-2H3,(H,22,24)(H,23,25). The average Bonchev–Trinajstić information content (AvgIpc) is 2.67. The summed E-state index contributed by atoms with van der Waals surface area (Å²) in [6.07, 6.45) is 0.523. The molecule has 27 heavy (non-hydrogen) atoms. The van der Waals surface area contributed by atoms with Gasteiger partial charge in [-0.3, -0.25) is 9.59 Å². The van der Waals surface area contributed by atoms with E-state index in [2.05, 4.69) is 10.3 Å². The molecule has 0 saturated carbocycles. The normalized spacial score (nSPS) is 10.6. The van der Waals surface area contributed by atoms with Crippen LogP contribution >= 0.6 is 0 Å². The molecule has 7 heteroatoms. The number of halogens is 1. The lowest BCUT2D eigenvalue weighted by molar-refractivity contribution is 0.0952. The van der Waals surface area contributed by atoms with Gasteiger partial charge in [-0.25, -0.2) is 4.39 Å². The van der Waals surface area contributed by atoms with Crippen molar-refractivity contribution in [3.63, 3.8) is 0 Å². The Bertz CT molecular complexity index is 1050. The summed E-state index contributed by atoms with van der Waals surface area (Å²) in [4.78, 5) is 27.0. The van der Waals surface area contributed by atoms with Crippen LogP contribution in [0.25, 0.3) is 10.9 Å². The number of benzene rings is 2. The van der Waals surface area contributed by atoms with Gasteiger partial charge in [0.15, 0.2) is 0 Å². The topological polar surface area (TPSA) is 80.4 Å². The van der Waals surface area contributed by atoms with Gasteiger partial charge >= 0.3 is 0 Å². The van der Waals surface area contributed by atoms with Gasteiger partial charge < -0.3 is 19.8 Å². The molecule has 0 bridgehead atoms. The molecule has 0 aliphatic rings. The van der Waals surface area contributed by atoms with E-state index in [4.69, 9.17) is 9.47 Å². The Balaban J connectivity index is 1.71. The third kappa shape index (κ3) is 4.08. The number of aromatic nitrogens is 1. The van der Waals surface area contributed by atoms with Crippen LogP contribution in [0, 0.1) is 5.82 Å². The van der Waals surface area contributed by atoms with E-state index < -0.39 is 17.3 Å². The molecule has 3 aromatic rings. The third-order valence-corrected chi connectivity index (χ3v) is 4.23. The number of pyridine rings is 1. The van der Waals surface area contributed by atoms with Gasteiger partial charge in [-0.1, -0.05) is 6.07 Å². The molecule has 6 nitrogen and oxygen atoms in total. The van der Waals surface area contributed by atoms with Gasteiger partial charge in [-0.2, -0.15) is 0 Å². The van der Waals surface area contributed by atoms with Crippen molar-refractivity contribution < 1.29 is 18.7 Å². The molecule has 0 saturated heterocycles. The van der Waals surface area contributed by atoms with Crippen LogP contribution in [0.5, 0.6) is 11.5 Å². The highest BCUT2D eigenvalue weighted by molar-refractivity contribution is 5.97. The number of fused-ring (bicyclic) bond motifs is 1. The molecule has 1 amide bonds. The Morgan fingerprint density at radius 1 is 1.11 bits per heavy atom. The first kappa shape index (κ1) is 18.4. The first-order valence-corrected chi connectivity index (χ1v) is 8.33. The van der Waals surface area contributed by atoms with Gasteiger partial charge in [0.2, 0.25) is 0 Å². The fraction of sp³-hybridized carbons (Fsp3) is 0.200. The molecule has 0 atom stereocenters. The Labute approximate surface area is 154 Å². The highest BCUT2D eigenvalue weighted by Gasteiger charge is 2.12. The summed E-state index contributed by atoms with van der Waals surface area (Å²) in [6, 6.07) is 10.9. The quantitative estimate of drug-likeness (QED) is 0.699. The smallest absolute Gasteiger partial charge is 0.261 e. The average molecular weight is 370 g/mol. The summed E-state index contributed by atoms with van der Waals surface area (Å²) in [5, 5.41) is 3.31. The molecule has 2 N–H and O–H groups in total. The predicted molar refractivity (Wildman–Crippen MR) is 100 cm³/mol. The number of carbonyl (C=O) groups excluding carboxylic acids is 1. The molecule has 0 fully saturated rings. The van der Waals surface area contributed by atoms with Crippen molar-refractivity contribution in [2.75, 3.05) is 20.8 Å². The zero-order valence-corrected chi connectivity index (χ0v) is 15.0. The summed E-state index contributed by atoms with van der Waals surface area (Å²) in [6.45, 7) is 0.322. The summed E-state index contributed by atoms with van der Waals surface area (Å²) in [5.74, 6) is 0.395. The molecule has 1 heterocycles. The van der Waals surface area contributed by atoms with E-state index in [0.29, 0.717) is 35.4 Å². The summed E-state index contributed by atoms with van der Waals surface area (Å²) in [7, 11) is 3.14. The maximum atomic E-state index is 13.2. The van der Waals surface area contributed by atoms with Crippen molar-refractivity contribution >= 4 is 16.8 Å². The Morgan fingerprint density at radius 2 is 1.93 bits per heavy atom. The minimum Gasteiger partial charge on any atom is -0.497 e. The van der Waals surface area contributed by atoms with Crippen molar-refractivity contribution in [2.24, 2.45) is 0 Å². The molecule has 3 rings (SSSR count). The van der Waals surface area contributed by atoms with Crippen LogP contribution in [-0.2, 0) is 6.42 Å². The first-order chi connectivity index (χ1) is 13.0. The van der Waals surface area contributed by atoms with E-state index >= 15 is 0 Å². The molecule has 2 aromatic carbocycles. The van der Waals surface area contributed by atoms with Crippen LogP contribution in [0.4, 0.5) is 4.39 Å². The highest BCUT2D eigenvalue weighted by atomic mass is 19.1. The van der Waals surface area contributed by atoms with E-state index in [0.717, 1.165) is 5.56 Å². The number of ether oxygens (including phenoxy) is 2. The zero-order valence-electron chi connectivity index (χ0n) is 15.0. The van der Waals surface area contributed by atoms with Crippen LogP contribution in [0.15, 0.2) is 47.3 Å². The van der Waals surface area contributed by atoms with Crippen molar-refractivity contribution in [2.45, 2.75) is 6.42 Å². The van der Waals surface area contributed by atoms with Crippen molar-refractivity contribution in [3.05, 3.63) is 69.8 Å². The lowest BCUT2D eigenvalue weighted by Gasteiger charge is -2.11. The Morgan fingerprint density at radius 3 is 2.67 bits per heavy atom. The fourth-order valence-electron chi connectivity index (χ4n) is 2.81. The van der Waals surface area contributed by atoms with Gasteiger partial charge in [-0.15, -0.1) is 0 Å². The fourth-order valence-corrected chi connectivity index (χ4v) is 2.81. The molecule has 0 unspecified atom stereocenters. The maximum Gasteiger partial charge on any atom is 0.261 e. The number of aromatic amines is 1. The van der Waals surface area contributed by atoms with Crippen LogP contribution in [0.3, 0.4) is 0 Å². The zero-order chi connectivity index (χ0) is 19.4. The summed E-state index contributed by atoms with van der Waals surface area (Å²) in [5.41, 5.74) is 0.671. The van der Waals surface area contributed by atoms with Crippen molar-refractivity contribution in [1.29, 1.82) is 0 Å². The van der Waals surface area contributed by atoms with Crippen molar-refractivity contribution in [3.8, 4) is 11.5 Å². The number of H-pyrrole nitrogens is 1. The van der Waals surface area contributed by atoms with Crippen molar-refractivity contribution in [1.82, 2.24) is 10.3 Å². The Kier molecular flexibility index (Phi) is 5.40. The molecule has 1 aromatic heterocycles. The van der Waals surface area contributed by atoms with E-state index in [-0.39, 0.29) is 5.56 Å². The second-order valence-corrected chi connectivity index (χ2v) is 5.93. The molecule has 0 aliphatic carbocycles. The van der Waals surface area contributed by atoms with Gasteiger partial charge in [-0.05, 0) is 47.7 Å². The number of hydrogen-bond donors (Lipinski definition) is 2. The molecular weight excluding hydrogens is 351 g/mol. The molecule has 0 spiro atoms. The van der Waals surface area contributed by atoms with Gasteiger partial charge in [0.1, 0.15) is 22.9 Å². The SMILES string of the molecule is COc1ccc(CCNC(=O)c2cc3ccc(F)cc3[nH]c2=O)c(OC)c1. The minimum atomic E-state index is -0.562. The first-order valence-electron chi connectivity index (χ1n) is 8.33. The summed E-state index contributed by atoms with van der Waals surface area (Å²) < 4.78 is 23.7. The van der Waals surface area contributed by atoms with E-state index in [1.807, 2.05) is 12.1 Å². The molecular formula is C20H19FN2O4. The lowest BCUT2D eigenvalue weighted by atomic mass is 10.1. The second kappa shape index (κ2) is 7.90.